The standard InChI is InChI=1S/C12H13N4O2S.Na/c1-8-7-12(15-9(2)14-8)16-19(17,18)11-5-3-10(13)4-6-11;/h3-7,13H,1-2H3,(H,14,15,16);/q-1;+1. The van der Waals surface area contributed by atoms with Crippen molar-refractivity contribution in [2.24, 2.45) is 0 Å². The van der Waals surface area contributed by atoms with Crippen LogP contribution in [0.4, 0.5) is 11.5 Å². The third kappa shape index (κ3) is 4.17. The van der Waals surface area contributed by atoms with Crippen LogP contribution in [0.15, 0.2) is 35.2 Å². The fraction of sp³-hybridized carbons (Fsp3) is 0.167. The SMILES string of the molecule is Cc1cc(NS(=O)(=O)c2ccc([NH-])cc2)nc(C)n1.[Na+]. The van der Waals surface area contributed by atoms with Crippen LogP contribution >= 0.6 is 0 Å². The fourth-order valence-electron chi connectivity index (χ4n) is 1.60. The second kappa shape index (κ2) is 6.53. The normalized spacial score (nSPS) is 10.7. The van der Waals surface area contributed by atoms with Crippen molar-refractivity contribution in [2.45, 2.75) is 18.7 Å². The molecule has 2 aromatic rings. The molecule has 2 rings (SSSR count). The molecule has 0 saturated carbocycles. The molecule has 1 aromatic heterocycles. The van der Waals surface area contributed by atoms with Crippen LogP contribution in [0.3, 0.4) is 0 Å². The van der Waals surface area contributed by atoms with E-state index < -0.39 is 10.0 Å². The zero-order valence-electron chi connectivity index (χ0n) is 11.5. The van der Waals surface area contributed by atoms with E-state index >= 15 is 0 Å². The summed E-state index contributed by atoms with van der Waals surface area (Å²) < 4.78 is 26.6. The third-order valence-electron chi connectivity index (χ3n) is 2.37. The molecule has 0 aliphatic rings. The molecule has 0 saturated heterocycles. The average Bonchev–Trinajstić information content (AvgIpc) is 2.27. The van der Waals surface area contributed by atoms with Gasteiger partial charge in [0.1, 0.15) is 11.6 Å². The van der Waals surface area contributed by atoms with E-state index in [2.05, 4.69) is 14.7 Å². The van der Waals surface area contributed by atoms with E-state index in [4.69, 9.17) is 5.73 Å². The Hall–Kier alpha value is -1.15. The molecule has 0 atom stereocenters. The minimum atomic E-state index is -3.69. The van der Waals surface area contributed by atoms with Crippen LogP contribution < -0.4 is 34.3 Å². The van der Waals surface area contributed by atoms with E-state index in [1.54, 1.807) is 19.9 Å². The van der Waals surface area contributed by atoms with Crippen molar-refractivity contribution in [3.05, 3.63) is 47.6 Å². The molecule has 8 heteroatoms. The van der Waals surface area contributed by atoms with Crippen LogP contribution in [0.1, 0.15) is 11.5 Å². The average molecular weight is 300 g/mol. The van der Waals surface area contributed by atoms with E-state index in [1.807, 2.05) is 0 Å². The molecule has 0 fully saturated rings. The first kappa shape index (κ1) is 16.9. The molecule has 1 aromatic carbocycles. The molecule has 0 unspecified atom stereocenters. The van der Waals surface area contributed by atoms with Crippen molar-refractivity contribution >= 4 is 21.5 Å². The molecule has 0 spiro atoms. The monoisotopic (exact) mass is 300 g/mol. The Balaban J connectivity index is 0.00000200. The predicted molar refractivity (Wildman–Crippen MR) is 72.7 cm³/mol. The minimum Gasteiger partial charge on any atom is -0.699 e. The number of anilines is 1. The summed E-state index contributed by atoms with van der Waals surface area (Å²) >= 11 is 0. The minimum absolute atomic E-state index is 0. The summed E-state index contributed by atoms with van der Waals surface area (Å²) in [6.07, 6.45) is 0. The molecule has 6 nitrogen and oxygen atoms in total. The van der Waals surface area contributed by atoms with Gasteiger partial charge in [-0.2, -0.15) is 0 Å². The Bertz CT molecular complexity index is 682. The molecule has 20 heavy (non-hydrogen) atoms. The Morgan fingerprint density at radius 2 is 1.70 bits per heavy atom. The Morgan fingerprint density at radius 3 is 2.25 bits per heavy atom. The summed E-state index contributed by atoms with van der Waals surface area (Å²) in [5.74, 6) is 0.735. The summed E-state index contributed by atoms with van der Waals surface area (Å²) in [5.41, 5.74) is 8.28. The second-order valence-corrected chi connectivity index (χ2v) is 5.75. The van der Waals surface area contributed by atoms with Gasteiger partial charge in [-0.1, -0.05) is 12.1 Å². The van der Waals surface area contributed by atoms with Crippen molar-refractivity contribution < 1.29 is 38.0 Å². The van der Waals surface area contributed by atoms with E-state index in [0.29, 0.717) is 11.5 Å². The molecular weight excluding hydrogens is 287 g/mol. The van der Waals surface area contributed by atoms with Crippen LogP contribution in [-0.4, -0.2) is 18.4 Å². The number of benzene rings is 1. The van der Waals surface area contributed by atoms with Crippen LogP contribution in [0.2, 0.25) is 0 Å². The maximum Gasteiger partial charge on any atom is 1.00 e. The molecule has 0 aliphatic carbocycles. The first-order chi connectivity index (χ1) is 8.87. The number of hydrogen-bond acceptors (Lipinski definition) is 4. The summed E-state index contributed by atoms with van der Waals surface area (Å²) in [7, 11) is -3.69. The first-order valence-corrected chi connectivity index (χ1v) is 7.02. The Kier molecular flexibility index (Phi) is 5.52. The third-order valence-corrected chi connectivity index (χ3v) is 3.74. The van der Waals surface area contributed by atoms with Gasteiger partial charge in [-0.15, -0.1) is 5.69 Å². The quantitative estimate of drug-likeness (QED) is 0.779. The van der Waals surface area contributed by atoms with E-state index in [0.717, 1.165) is 0 Å². The van der Waals surface area contributed by atoms with Gasteiger partial charge in [0.2, 0.25) is 0 Å². The molecule has 1 heterocycles. The van der Waals surface area contributed by atoms with Crippen LogP contribution in [0.25, 0.3) is 5.73 Å². The number of sulfonamides is 1. The maximum absolute atomic E-state index is 12.1. The number of rotatable bonds is 3. The first-order valence-electron chi connectivity index (χ1n) is 5.53. The summed E-state index contributed by atoms with van der Waals surface area (Å²) in [6.45, 7) is 3.46. The summed E-state index contributed by atoms with van der Waals surface area (Å²) in [4.78, 5) is 8.20. The van der Waals surface area contributed by atoms with Gasteiger partial charge in [0.05, 0.1) is 4.90 Å². The zero-order valence-corrected chi connectivity index (χ0v) is 14.3. The van der Waals surface area contributed by atoms with Gasteiger partial charge < -0.3 is 5.73 Å². The molecule has 0 aliphatic heterocycles. The fourth-order valence-corrected chi connectivity index (χ4v) is 2.59. The molecule has 0 bridgehead atoms. The van der Waals surface area contributed by atoms with Gasteiger partial charge in [0, 0.05) is 11.8 Å². The summed E-state index contributed by atoms with van der Waals surface area (Å²) in [5, 5.41) is 0. The molecule has 0 amide bonds. The number of nitrogens with zero attached hydrogens (tertiary/aromatic N) is 2. The maximum atomic E-state index is 12.1. The van der Waals surface area contributed by atoms with Gasteiger partial charge in [0.25, 0.3) is 10.0 Å². The van der Waals surface area contributed by atoms with Gasteiger partial charge in [0.15, 0.2) is 0 Å². The predicted octanol–water partition coefficient (Wildman–Crippen LogP) is -0.418. The van der Waals surface area contributed by atoms with Gasteiger partial charge in [-0.3, -0.25) is 4.72 Å². The van der Waals surface area contributed by atoms with Crippen molar-refractivity contribution in [2.75, 3.05) is 4.72 Å². The molecular formula is C12H13N4NaO2S. The van der Waals surface area contributed by atoms with E-state index in [9.17, 15) is 8.42 Å². The molecule has 100 valence electrons. The Morgan fingerprint density at radius 1 is 1.10 bits per heavy atom. The smallest absolute Gasteiger partial charge is 0.699 e. The van der Waals surface area contributed by atoms with Crippen molar-refractivity contribution in [3.63, 3.8) is 0 Å². The Labute approximate surface area is 140 Å². The van der Waals surface area contributed by atoms with Crippen molar-refractivity contribution in [1.82, 2.24) is 9.97 Å². The zero-order chi connectivity index (χ0) is 14.0. The van der Waals surface area contributed by atoms with Crippen LogP contribution in [0, 0.1) is 13.8 Å². The topological polar surface area (TPSA) is 95.8 Å². The van der Waals surface area contributed by atoms with Crippen LogP contribution in [0.5, 0.6) is 0 Å². The van der Waals surface area contributed by atoms with E-state index in [1.165, 1.54) is 24.3 Å². The van der Waals surface area contributed by atoms with Gasteiger partial charge in [-0.25, -0.2) is 18.4 Å². The molecule has 0 radical (unpaired) electrons. The number of nitrogens with one attached hydrogen (secondary N) is 2. The number of aromatic nitrogens is 2. The van der Waals surface area contributed by atoms with Crippen molar-refractivity contribution in [1.29, 1.82) is 0 Å². The van der Waals surface area contributed by atoms with Crippen LogP contribution in [-0.2, 0) is 10.0 Å². The number of hydrogen-bond donors (Lipinski definition) is 1. The second-order valence-electron chi connectivity index (χ2n) is 4.07. The molecule has 2 N–H and O–H groups in total. The van der Waals surface area contributed by atoms with E-state index in [-0.39, 0.29) is 46.0 Å². The number of aryl methyl sites for hydroxylation is 2. The van der Waals surface area contributed by atoms with Crippen molar-refractivity contribution in [3.8, 4) is 0 Å². The summed E-state index contributed by atoms with van der Waals surface area (Å²) in [6, 6.07) is 7.16. The largest absolute Gasteiger partial charge is 1.00 e. The van der Waals surface area contributed by atoms with Gasteiger partial charge in [-0.05, 0) is 26.0 Å². The van der Waals surface area contributed by atoms with Gasteiger partial charge >= 0.3 is 29.6 Å².